The minimum Gasteiger partial charge on any atom is -0.379 e. The van der Waals surface area contributed by atoms with Crippen molar-refractivity contribution in [3.63, 3.8) is 0 Å². The third-order valence-corrected chi connectivity index (χ3v) is 7.41. The number of non-ortho nitro benzene ring substituents is 1. The molecule has 0 aliphatic heterocycles. The highest BCUT2D eigenvalue weighted by atomic mass is 32.2. The first-order valence-corrected chi connectivity index (χ1v) is 12.8. The zero-order valence-electron chi connectivity index (χ0n) is 18.8. The lowest BCUT2D eigenvalue weighted by molar-refractivity contribution is -0.384. The van der Waals surface area contributed by atoms with Gasteiger partial charge in [-0.05, 0) is 61.4 Å². The highest BCUT2D eigenvalue weighted by molar-refractivity contribution is 7.87. The van der Waals surface area contributed by atoms with E-state index in [1.165, 1.54) is 19.3 Å². The van der Waals surface area contributed by atoms with E-state index in [0.717, 1.165) is 59.8 Å². The highest BCUT2D eigenvalue weighted by Gasteiger charge is 2.21. The van der Waals surface area contributed by atoms with Gasteiger partial charge in [0, 0.05) is 29.9 Å². The summed E-state index contributed by atoms with van der Waals surface area (Å²) in [6.07, 6.45) is 7.89. The second kappa shape index (κ2) is 9.38. The molecule has 1 saturated carbocycles. The Morgan fingerprint density at radius 1 is 0.971 bits per heavy atom. The Balaban J connectivity index is 1.41. The van der Waals surface area contributed by atoms with Crippen LogP contribution < -0.4 is 9.50 Å². The van der Waals surface area contributed by atoms with Gasteiger partial charge in [0.15, 0.2) is 0 Å². The third-order valence-electron chi connectivity index (χ3n) is 6.15. The number of nitro benzene ring substituents is 1. The van der Waals surface area contributed by atoms with E-state index >= 15 is 0 Å². The van der Waals surface area contributed by atoms with Gasteiger partial charge in [-0.25, -0.2) is 4.98 Å². The molecule has 0 atom stereocenters. The molecule has 35 heavy (non-hydrogen) atoms. The molecule has 4 aromatic rings. The largest absolute Gasteiger partial charge is 0.379 e. The van der Waals surface area contributed by atoms with E-state index in [-0.39, 0.29) is 16.3 Å². The minimum atomic E-state index is -4.14. The first kappa shape index (κ1) is 22.9. The third kappa shape index (κ3) is 4.83. The van der Waals surface area contributed by atoms with Crippen LogP contribution in [0.2, 0.25) is 0 Å². The molecule has 180 valence electrons. The van der Waals surface area contributed by atoms with E-state index in [9.17, 15) is 18.5 Å². The molecule has 2 aromatic carbocycles. The van der Waals surface area contributed by atoms with E-state index in [0.29, 0.717) is 6.04 Å². The van der Waals surface area contributed by atoms with Crippen molar-refractivity contribution in [3.8, 4) is 17.0 Å². The van der Waals surface area contributed by atoms with Crippen molar-refractivity contribution in [2.24, 2.45) is 0 Å². The van der Waals surface area contributed by atoms with E-state index in [4.69, 9.17) is 9.17 Å². The lowest BCUT2D eigenvalue weighted by Crippen LogP contribution is -2.23. The molecule has 0 spiro atoms. The number of nitrogens with zero attached hydrogens (tertiary/aromatic N) is 3. The van der Waals surface area contributed by atoms with Crippen LogP contribution >= 0.6 is 0 Å². The van der Waals surface area contributed by atoms with Crippen LogP contribution in [-0.4, -0.2) is 28.8 Å². The second-order valence-electron chi connectivity index (χ2n) is 8.53. The molecule has 5 rings (SSSR count). The molecule has 0 saturated heterocycles. The predicted molar refractivity (Wildman–Crippen MR) is 132 cm³/mol. The summed E-state index contributed by atoms with van der Waals surface area (Å²) in [6, 6.07) is 17.5. The predicted octanol–water partition coefficient (Wildman–Crippen LogP) is 5.42. The standard InChI is InChI=1S/C25H24N4O5S/c30-29(31)20-11-15-22(16-12-20)35(32,33)34-21-13-9-18(10-14-21)24-25(26-19-6-2-1-3-7-19)28-17-5-4-8-23(28)27-24/h4-5,8-17,19,26H,1-3,6-7H2. The molecule has 1 aliphatic rings. The molecule has 0 unspecified atom stereocenters. The monoisotopic (exact) mass is 492 g/mol. The van der Waals surface area contributed by atoms with E-state index in [1.807, 2.05) is 28.8 Å². The molecule has 1 fully saturated rings. The van der Waals surface area contributed by atoms with Crippen molar-refractivity contribution in [2.45, 2.75) is 43.0 Å². The molecule has 1 aliphatic carbocycles. The molecular formula is C25H24N4O5S. The summed E-state index contributed by atoms with van der Waals surface area (Å²) in [5, 5.41) is 14.5. The summed E-state index contributed by atoms with van der Waals surface area (Å²) in [4.78, 5) is 14.9. The quantitative estimate of drug-likeness (QED) is 0.208. The van der Waals surface area contributed by atoms with Crippen molar-refractivity contribution >= 4 is 27.3 Å². The van der Waals surface area contributed by atoms with Crippen LogP contribution in [0.5, 0.6) is 5.75 Å². The number of hydrogen-bond donors (Lipinski definition) is 1. The molecule has 2 heterocycles. The van der Waals surface area contributed by atoms with Gasteiger partial charge >= 0.3 is 10.1 Å². The van der Waals surface area contributed by atoms with Crippen molar-refractivity contribution in [1.29, 1.82) is 0 Å². The van der Waals surface area contributed by atoms with Gasteiger partial charge in [0.25, 0.3) is 5.69 Å². The fourth-order valence-corrected chi connectivity index (χ4v) is 5.28. The van der Waals surface area contributed by atoms with Gasteiger partial charge in [0.1, 0.15) is 27.8 Å². The van der Waals surface area contributed by atoms with Crippen LogP contribution in [0.3, 0.4) is 0 Å². The number of benzene rings is 2. The Kier molecular flexibility index (Phi) is 6.12. The van der Waals surface area contributed by atoms with E-state index in [1.54, 1.807) is 24.3 Å². The normalized spacial score (nSPS) is 14.6. The number of imidazole rings is 1. The summed E-state index contributed by atoms with van der Waals surface area (Å²) < 4.78 is 32.5. The fourth-order valence-electron chi connectivity index (χ4n) is 4.35. The van der Waals surface area contributed by atoms with Gasteiger partial charge in [-0.3, -0.25) is 14.5 Å². The number of rotatable bonds is 7. The van der Waals surface area contributed by atoms with Crippen molar-refractivity contribution in [1.82, 2.24) is 9.38 Å². The fraction of sp³-hybridized carbons (Fsp3) is 0.240. The average Bonchev–Trinajstić information content (AvgIpc) is 3.23. The number of nitrogens with one attached hydrogen (secondary N) is 1. The Labute approximate surface area is 202 Å². The number of fused-ring (bicyclic) bond motifs is 1. The average molecular weight is 493 g/mol. The van der Waals surface area contributed by atoms with Gasteiger partial charge in [-0.2, -0.15) is 8.42 Å². The number of aromatic nitrogens is 2. The molecule has 0 radical (unpaired) electrons. The molecule has 9 nitrogen and oxygen atoms in total. The maximum absolute atomic E-state index is 12.6. The smallest absolute Gasteiger partial charge is 0.339 e. The summed E-state index contributed by atoms with van der Waals surface area (Å²) >= 11 is 0. The molecule has 2 aromatic heterocycles. The van der Waals surface area contributed by atoms with Crippen LogP contribution in [0.1, 0.15) is 32.1 Å². The van der Waals surface area contributed by atoms with Gasteiger partial charge in [0.05, 0.1) is 4.92 Å². The van der Waals surface area contributed by atoms with Crippen molar-refractivity contribution in [3.05, 3.63) is 83.0 Å². The van der Waals surface area contributed by atoms with Gasteiger partial charge in [-0.1, -0.05) is 25.3 Å². The lowest BCUT2D eigenvalue weighted by Gasteiger charge is -2.24. The van der Waals surface area contributed by atoms with E-state index in [2.05, 4.69) is 5.32 Å². The van der Waals surface area contributed by atoms with Gasteiger partial charge in [0.2, 0.25) is 0 Å². The SMILES string of the molecule is O=[N+]([O-])c1ccc(S(=O)(=O)Oc2ccc(-c3nc4ccccn4c3NC3CCCCC3)cc2)cc1. The first-order valence-electron chi connectivity index (χ1n) is 11.4. The molecule has 10 heteroatoms. The zero-order chi connectivity index (χ0) is 24.4. The van der Waals surface area contributed by atoms with E-state index < -0.39 is 15.0 Å². The number of pyridine rings is 1. The summed E-state index contributed by atoms with van der Waals surface area (Å²) in [5.41, 5.74) is 2.24. The van der Waals surface area contributed by atoms with Crippen LogP contribution in [0.15, 0.2) is 77.8 Å². The Morgan fingerprint density at radius 2 is 1.69 bits per heavy atom. The highest BCUT2D eigenvalue weighted by Crippen LogP contribution is 2.33. The molecule has 1 N–H and O–H groups in total. The maximum atomic E-state index is 12.6. The van der Waals surface area contributed by atoms with Crippen molar-refractivity contribution in [2.75, 3.05) is 5.32 Å². The van der Waals surface area contributed by atoms with Crippen LogP contribution in [-0.2, 0) is 10.1 Å². The number of hydrogen-bond acceptors (Lipinski definition) is 7. The number of anilines is 1. The number of nitro groups is 1. The Morgan fingerprint density at radius 3 is 2.37 bits per heavy atom. The topological polar surface area (TPSA) is 116 Å². The summed E-state index contributed by atoms with van der Waals surface area (Å²) in [6.45, 7) is 0. The maximum Gasteiger partial charge on any atom is 0.339 e. The molecule has 0 amide bonds. The zero-order valence-corrected chi connectivity index (χ0v) is 19.6. The van der Waals surface area contributed by atoms with Crippen LogP contribution in [0.4, 0.5) is 11.5 Å². The van der Waals surface area contributed by atoms with Crippen LogP contribution in [0, 0.1) is 10.1 Å². The van der Waals surface area contributed by atoms with Gasteiger partial charge in [-0.15, -0.1) is 0 Å². The van der Waals surface area contributed by atoms with Crippen LogP contribution in [0.25, 0.3) is 16.9 Å². The van der Waals surface area contributed by atoms with Crippen molar-refractivity contribution < 1.29 is 17.5 Å². The first-order chi connectivity index (χ1) is 16.9. The molecular weight excluding hydrogens is 468 g/mol. The summed E-state index contributed by atoms with van der Waals surface area (Å²) in [5.74, 6) is 1.05. The summed E-state index contributed by atoms with van der Waals surface area (Å²) in [7, 11) is -4.14. The lowest BCUT2D eigenvalue weighted by atomic mass is 9.95. The second-order valence-corrected chi connectivity index (χ2v) is 10.1. The minimum absolute atomic E-state index is 0.137. The Bertz CT molecular complexity index is 1460. The van der Waals surface area contributed by atoms with Gasteiger partial charge < -0.3 is 9.50 Å². The Hall–Kier alpha value is -3.92. The molecule has 0 bridgehead atoms.